The zero-order valence-electron chi connectivity index (χ0n) is 34.5. The van der Waals surface area contributed by atoms with Crippen LogP contribution in [0.1, 0.15) is 78.1 Å². The first-order chi connectivity index (χ1) is 27.7. The van der Waals surface area contributed by atoms with Crippen LogP contribution in [0.15, 0.2) is 60.7 Å². The van der Waals surface area contributed by atoms with Crippen molar-refractivity contribution in [2.45, 2.75) is 78.1 Å². The summed E-state index contributed by atoms with van der Waals surface area (Å²) < 4.78 is 16.1. The summed E-state index contributed by atoms with van der Waals surface area (Å²) in [4.78, 5) is 60.1. The largest absolute Gasteiger partial charge is 0.453 e. The number of amides is 3. The molecule has 3 amide bonds. The molecule has 0 radical (unpaired) electrons. The number of rotatable bonds is 8. The second-order valence-electron chi connectivity index (χ2n) is 17.4. The van der Waals surface area contributed by atoms with E-state index in [0.717, 1.165) is 79.2 Å². The van der Waals surface area contributed by atoms with Gasteiger partial charge in [-0.2, -0.15) is 0 Å². The quantitative estimate of drug-likeness (QED) is 0.139. The van der Waals surface area contributed by atoms with Crippen LogP contribution in [0.4, 0.5) is 9.59 Å². The van der Waals surface area contributed by atoms with Crippen LogP contribution < -0.4 is 5.32 Å². The Morgan fingerprint density at radius 2 is 1.38 bits per heavy atom. The predicted octanol–water partition coefficient (Wildman–Crippen LogP) is 8.65. The van der Waals surface area contributed by atoms with Crippen LogP contribution in [0.3, 0.4) is 0 Å². The lowest BCUT2D eigenvalue weighted by molar-refractivity contribution is -0.135. The van der Waals surface area contributed by atoms with Crippen molar-refractivity contribution in [1.82, 2.24) is 35.1 Å². The number of nitrogens with zero attached hydrogens (tertiary/aromatic N) is 4. The van der Waals surface area contributed by atoms with E-state index >= 15 is 0 Å². The number of fused-ring (bicyclic) bond motifs is 6. The van der Waals surface area contributed by atoms with E-state index in [2.05, 4.69) is 70.7 Å². The zero-order chi connectivity index (χ0) is 41.0. The molecule has 0 spiro atoms. The first-order valence-corrected chi connectivity index (χ1v) is 20.2. The molecule has 2 unspecified atom stereocenters. The van der Waals surface area contributed by atoms with Crippen LogP contribution in [0, 0.1) is 17.8 Å². The number of aromatic amines is 2. The molecule has 13 heteroatoms. The van der Waals surface area contributed by atoms with Crippen LogP contribution in [-0.4, -0.2) is 93.4 Å². The van der Waals surface area contributed by atoms with Gasteiger partial charge < -0.3 is 34.4 Å². The molecule has 2 aromatic heterocycles. The summed E-state index contributed by atoms with van der Waals surface area (Å²) in [7, 11) is 2.99. The van der Waals surface area contributed by atoms with Gasteiger partial charge in [0.15, 0.2) is 0 Å². The highest BCUT2D eigenvalue weighted by atomic mass is 16.6. The van der Waals surface area contributed by atoms with Gasteiger partial charge in [-0.25, -0.2) is 19.6 Å². The van der Waals surface area contributed by atoms with Crippen LogP contribution in [0.25, 0.3) is 54.7 Å². The van der Waals surface area contributed by atoms with Gasteiger partial charge in [-0.15, -0.1) is 0 Å². The summed E-state index contributed by atoms with van der Waals surface area (Å²) in [5.74, 6) is 1.69. The number of aromatic nitrogens is 4. The van der Waals surface area contributed by atoms with E-state index in [1.807, 2.05) is 51.7 Å². The van der Waals surface area contributed by atoms with Crippen molar-refractivity contribution in [3.63, 3.8) is 0 Å². The van der Waals surface area contributed by atoms with Crippen molar-refractivity contribution in [1.29, 1.82) is 0 Å². The molecule has 3 N–H and O–H groups in total. The molecule has 304 valence electrons. The molecule has 0 bridgehead atoms. The molecule has 58 heavy (non-hydrogen) atoms. The van der Waals surface area contributed by atoms with Crippen molar-refractivity contribution in [3.8, 4) is 11.1 Å². The molecule has 2 fully saturated rings. The molecule has 6 aromatic rings. The van der Waals surface area contributed by atoms with E-state index < -0.39 is 17.7 Å². The fourth-order valence-electron chi connectivity index (χ4n) is 8.82. The maximum absolute atomic E-state index is 13.9. The van der Waals surface area contributed by atoms with E-state index in [-0.39, 0.29) is 41.8 Å². The zero-order valence-corrected chi connectivity index (χ0v) is 34.5. The van der Waals surface area contributed by atoms with Crippen LogP contribution >= 0.6 is 0 Å². The summed E-state index contributed by atoms with van der Waals surface area (Å²) in [5, 5.41) is 6.98. The lowest BCUT2D eigenvalue weighted by atomic mass is 9.98. The molecule has 2 aliphatic heterocycles. The average Bonchev–Trinajstić information content (AvgIpc) is 4.00. The number of hydrogen-bond donors (Lipinski definition) is 3. The second kappa shape index (κ2) is 15.2. The van der Waals surface area contributed by atoms with Gasteiger partial charge in [0, 0.05) is 36.9 Å². The number of carbonyl (C=O) groups is 3. The van der Waals surface area contributed by atoms with E-state index in [9.17, 15) is 14.4 Å². The lowest BCUT2D eigenvalue weighted by Crippen LogP contribution is -2.51. The summed E-state index contributed by atoms with van der Waals surface area (Å²) >= 11 is 0. The number of carbonyl (C=O) groups excluding carboxylic acids is 3. The standard InChI is InChI=1S/C45H53N7O6/c1-24(2)37(50-43(54)57-8)42(53)51-21-25(3)17-35(51)40-46-33-15-11-29-19-27(9-13-31(29)38(33)48-40)28-10-14-32-30(20-28)12-16-34-39(32)49-41(47-34)36-18-26(23-56-7)22-52(36)44(55)58-45(4,5)6/h9-16,19-20,24-26,35-37H,17-18,21-23H2,1-8H3,(H,46,48)(H,47,49)(H,50,54)/t25-,26?,35-,36?,37-/m0/s1. The molecule has 4 heterocycles. The minimum atomic E-state index is -0.704. The number of ether oxygens (including phenoxy) is 3. The van der Waals surface area contributed by atoms with Crippen molar-refractivity contribution < 1.29 is 28.6 Å². The maximum atomic E-state index is 13.9. The third kappa shape index (κ3) is 7.43. The van der Waals surface area contributed by atoms with Crippen molar-refractivity contribution in [2.75, 3.05) is 33.9 Å². The van der Waals surface area contributed by atoms with Gasteiger partial charge >= 0.3 is 12.2 Å². The smallest absolute Gasteiger partial charge is 0.410 e. The molecule has 0 aliphatic carbocycles. The number of imidazole rings is 2. The Hall–Kier alpha value is -5.69. The Kier molecular flexibility index (Phi) is 10.3. The van der Waals surface area contributed by atoms with Crippen molar-refractivity contribution in [2.24, 2.45) is 17.8 Å². The van der Waals surface area contributed by atoms with E-state index in [1.54, 1.807) is 12.0 Å². The minimum absolute atomic E-state index is 0.117. The fraction of sp³-hybridized carbons (Fsp3) is 0.444. The van der Waals surface area contributed by atoms with Crippen molar-refractivity contribution in [3.05, 3.63) is 72.3 Å². The van der Waals surface area contributed by atoms with Gasteiger partial charge in [0.1, 0.15) is 23.3 Å². The number of alkyl carbamates (subject to hydrolysis) is 1. The number of hydrogen-bond acceptors (Lipinski definition) is 8. The lowest BCUT2D eigenvalue weighted by Gasteiger charge is -2.30. The Morgan fingerprint density at radius 1 is 0.810 bits per heavy atom. The number of methoxy groups -OCH3 is 2. The number of likely N-dealkylation sites (tertiary alicyclic amines) is 2. The Labute approximate surface area is 337 Å². The van der Waals surface area contributed by atoms with E-state index in [0.29, 0.717) is 19.7 Å². The highest BCUT2D eigenvalue weighted by molar-refractivity contribution is 6.07. The van der Waals surface area contributed by atoms with Gasteiger partial charge in [0.25, 0.3) is 0 Å². The minimum Gasteiger partial charge on any atom is -0.453 e. The first-order valence-electron chi connectivity index (χ1n) is 20.2. The maximum Gasteiger partial charge on any atom is 0.410 e. The molecule has 2 aliphatic rings. The Morgan fingerprint density at radius 3 is 1.90 bits per heavy atom. The van der Waals surface area contributed by atoms with Gasteiger partial charge in [-0.3, -0.25) is 9.69 Å². The SMILES string of the molecule is COCC1CC(c2nc3ccc4cc(-c5ccc6c(ccc7nc([C@@H]8C[C@H](C)CN8C(=O)[C@@H](NC(=O)OC)C(C)C)[nH]c76)c5)ccc4c3[nH]2)N(C(=O)OC(C)(C)C)C1. The molecular weight excluding hydrogens is 735 g/mol. The molecule has 5 atom stereocenters. The van der Waals surface area contributed by atoms with Gasteiger partial charge in [0.05, 0.1) is 47.9 Å². The topological polar surface area (TPSA) is 155 Å². The van der Waals surface area contributed by atoms with Gasteiger partial charge in [-0.05, 0) is 91.6 Å². The van der Waals surface area contributed by atoms with Gasteiger partial charge in [-0.1, -0.05) is 57.2 Å². The molecule has 0 saturated carbocycles. The predicted molar refractivity (Wildman–Crippen MR) is 224 cm³/mol. The van der Waals surface area contributed by atoms with Crippen LogP contribution in [0.5, 0.6) is 0 Å². The Bertz CT molecular complexity index is 2540. The number of nitrogens with one attached hydrogen (secondary N) is 3. The fourth-order valence-corrected chi connectivity index (χ4v) is 8.82. The molecular formula is C45H53N7O6. The van der Waals surface area contributed by atoms with Crippen molar-refractivity contribution >= 4 is 61.7 Å². The summed E-state index contributed by atoms with van der Waals surface area (Å²) in [5.41, 5.74) is 5.11. The molecule has 4 aromatic carbocycles. The second-order valence-corrected chi connectivity index (χ2v) is 17.4. The monoisotopic (exact) mass is 787 g/mol. The number of H-pyrrole nitrogens is 2. The Balaban J connectivity index is 1.07. The van der Waals surface area contributed by atoms with E-state index in [1.165, 1.54) is 7.11 Å². The summed E-state index contributed by atoms with van der Waals surface area (Å²) in [6.45, 7) is 13.3. The summed E-state index contributed by atoms with van der Waals surface area (Å²) in [6, 6.07) is 20.0. The summed E-state index contributed by atoms with van der Waals surface area (Å²) in [6.07, 6.45) is 0.535. The average molecular weight is 788 g/mol. The first kappa shape index (κ1) is 39.2. The number of benzene rings is 4. The third-order valence-electron chi connectivity index (χ3n) is 11.6. The normalized spacial score (nSPS) is 20.5. The van der Waals surface area contributed by atoms with Gasteiger partial charge in [0.2, 0.25) is 5.91 Å². The molecule has 8 rings (SSSR count). The van der Waals surface area contributed by atoms with E-state index in [4.69, 9.17) is 24.2 Å². The van der Waals surface area contributed by atoms with Crippen LogP contribution in [0.2, 0.25) is 0 Å². The van der Waals surface area contributed by atoms with Crippen LogP contribution in [-0.2, 0) is 19.0 Å². The molecule has 2 saturated heterocycles. The highest BCUT2D eigenvalue weighted by Gasteiger charge is 2.41. The third-order valence-corrected chi connectivity index (χ3v) is 11.6. The molecule has 13 nitrogen and oxygen atoms in total. The highest BCUT2D eigenvalue weighted by Crippen LogP contribution is 2.40.